The molecule has 0 aliphatic heterocycles. The van der Waals surface area contributed by atoms with Gasteiger partial charge in [0.05, 0.1) is 5.69 Å². The predicted molar refractivity (Wildman–Crippen MR) is 56.9 cm³/mol. The van der Waals surface area contributed by atoms with Gasteiger partial charge in [0.25, 0.3) is 0 Å². The fraction of sp³-hybridized carbons (Fsp3) is 0.625. The molecule has 0 aliphatic carbocycles. The molecule has 13 heavy (non-hydrogen) atoms. The molecule has 1 aromatic rings. The first-order valence-corrected chi connectivity index (χ1v) is 5.11. The third-order valence-electron chi connectivity index (χ3n) is 1.72. The first-order valence-electron chi connectivity index (χ1n) is 4.34. The van der Waals surface area contributed by atoms with Gasteiger partial charge in [0.2, 0.25) is 0 Å². The molecule has 5 heteroatoms. The molecule has 0 unspecified atom stereocenters. The van der Waals surface area contributed by atoms with Crippen molar-refractivity contribution in [1.29, 1.82) is 0 Å². The van der Waals surface area contributed by atoms with Crippen molar-refractivity contribution in [3.8, 4) is 0 Å². The molecule has 0 fully saturated rings. The largest absolute Gasteiger partial charge is 0.320 e. The standard InChI is InChI=1S/C8H16N4S/c1-7-6-8(13-11-7)12(9)5-3-4-10-2/h6,10H,3-5,9H2,1-2H3. The Bertz CT molecular complexity index is 248. The molecule has 0 amide bonds. The van der Waals surface area contributed by atoms with Crippen LogP contribution in [0.5, 0.6) is 0 Å². The van der Waals surface area contributed by atoms with Gasteiger partial charge >= 0.3 is 0 Å². The zero-order valence-electron chi connectivity index (χ0n) is 8.08. The number of rotatable bonds is 5. The molecular formula is C8H16N4S. The minimum absolute atomic E-state index is 0.864. The molecule has 1 aromatic heterocycles. The molecule has 0 atom stereocenters. The van der Waals surface area contributed by atoms with Crippen molar-refractivity contribution in [2.24, 2.45) is 5.84 Å². The smallest absolute Gasteiger partial charge is 0.126 e. The van der Waals surface area contributed by atoms with E-state index in [2.05, 4.69) is 9.69 Å². The van der Waals surface area contributed by atoms with Crippen molar-refractivity contribution < 1.29 is 0 Å². The first kappa shape index (κ1) is 10.4. The van der Waals surface area contributed by atoms with Gasteiger partial charge in [-0.3, -0.25) is 0 Å². The van der Waals surface area contributed by atoms with Gasteiger partial charge in [-0.15, -0.1) is 0 Å². The van der Waals surface area contributed by atoms with Gasteiger partial charge in [0, 0.05) is 6.54 Å². The van der Waals surface area contributed by atoms with E-state index >= 15 is 0 Å². The molecule has 1 rings (SSSR count). The van der Waals surface area contributed by atoms with E-state index in [1.54, 1.807) is 5.01 Å². The van der Waals surface area contributed by atoms with Gasteiger partial charge in [0.15, 0.2) is 0 Å². The third-order valence-corrected chi connectivity index (χ3v) is 2.64. The Kier molecular flexibility index (Phi) is 4.14. The first-order chi connectivity index (χ1) is 6.24. The average molecular weight is 200 g/mol. The Balaban J connectivity index is 2.35. The third kappa shape index (κ3) is 3.30. The summed E-state index contributed by atoms with van der Waals surface area (Å²) in [6, 6.07) is 2.00. The highest BCUT2D eigenvalue weighted by molar-refractivity contribution is 7.10. The minimum Gasteiger partial charge on any atom is -0.320 e. The summed E-state index contributed by atoms with van der Waals surface area (Å²) in [4.78, 5) is 0. The zero-order chi connectivity index (χ0) is 9.68. The van der Waals surface area contributed by atoms with Crippen LogP contribution in [0.4, 0.5) is 5.00 Å². The Morgan fingerprint density at radius 2 is 2.46 bits per heavy atom. The second kappa shape index (κ2) is 5.16. The summed E-state index contributed by atoms with van der Waals surface area (Å²) in [6.07, 6.45) is 1.05. The van der Waals surface area contributed by atoms with Crippen molar-refractivity contribution >= 4 is 16.5 Å². The van der Waals surface area contributed by atoms with E-state index in [-0.39, 0.29) is 0 Å². The Hall–Kier alpha value is -0.650. The molecule has 0 saturated carbocycles. The van der Waals surface area contributed by atoms with Crippen molar-refractivity contribution in [2.75, 3.05) is 25.1 Å². The van der Waals surface area contributed by atoms with Gasteiger partial charge in [-0.1, -0.05) is 0 Å². The normalized spacial score (nSPS) is 10.4. The van der Waals surface area contributed by atoms with Gasteiger partial charge < -0.3 is 10.3 Å². The number of hydrogen-bond donors (Lipinski definition) is 2. The van der Waals surface area contributed by atoms with Crippen molar-refractivity contribution in [3.05, 3.63) is 11.8 Å². The second-order valence-electron chi connectivity index (χ2n) is 2.96. The maximum Gasteiger partial charge on any atom is 0.126 e. The summed E-state index contributed by atoms with van der Waals surface area (Å²) in [5.41, 5.74) is 1.03. The van der Waals surface area contributed by atoms with Crippen molar-refractivity contribution in [2.45, 2.75) is 13.3 Å². The number of hydrazine groups is 1. The van der Waals surface area contributed by atoms with Crippen molar-refractivity contribution in [1.82, 2.24) is 9.69 Å². The topological polar surface area (TPSA) is 54.2 Å². The Morgan fingerprint density at radius 1 is 1.69 bits per heavy atom. The monoisotopic (exact) mass is 200 g/mol. The summed E-state index contributed by atoms with van der Waals surface area (Å²) in [6.45, 7) is 3.83. The van der Waals surface area contributed by atoms with Crippen LogP contribution in [0, 0.1) is 6.92 Å². The Morgan fingerprint density at radius 3 is 3.00 bits per heavy atom. The number of nitrogens with zero attached hydrogens (tertiary/aromatic N) is 2. The van der Waals surface area contributed by atoms with Crippen LogP contribution in [0.1, 0.15) is 12.1 Å². The second-order valence-corrected chi connectivity index (χ2v) is 3.74. The van der Waals surface area contributed by atoms with Crippen LogP contribution in [0.15, 0.2) is 6.07 Å². The van der Waals surface area contributed by atoms with Gasteiger partial charge in [-0.05, 0) is 44.5 Å². The molecular weight excluding hydrogens is 184 g/mol. The van der Waals surface area contributed by atoms with E-state index in [0.29, 0.717) is 0 Å². The van der Waals surface area contributed by atoms with E-state index in [4.69, 9.17) is 5.84 Å². The fourth-order valence-corrected chi connectivity index (χ4v) is 1.73. The molecule has 0 aromatic carbocycles. The van der Waals surface area contributed by atoms with Crippen LogP contribution >= 0.6 is 11.5 Å². The lowest BCUT2D eigenvalue weighted by molar-refractivity contribution is 0.699. The van der Waals surface area contributed by atoms with Crippen LogP contribution < -0.4 is 16.2 Å². The van der Waals surface area contributed by atoms with E-state index < -0.39 is 0 Å². The van der Waals surface area contributed by atoms with Crippen LogP contribution in [-0.4, -0.2) is 24.5 Å². The number of aromatic nitrogens is 1. The van der Waals surface area contributed by atoms with Gasteiger partial charge in [0.1, 0.15) is 5.00 Å². The summed E-state index contributed by atoms with van der Waals surface area (Å²) in [7, 11) is 1.94. The van der Waals surface area contributed by atoms with E-state index in [1.165, 1.54) is 11.5 Å². The molecule has 0 bridgehead atoms. The lowest BCUT2D eigenvalue weighted by atomic mass is 10.4. The molecule has 0 spiro atoms. The summed E-state index contributed by atoms with van der Waals surface area (Å²) in [5.74, 6) is 5.83. The molecule has 0 saturated heterocycles. The highest BCUT2D eigenvalue weighted by atomic mass is 32.1. The van der Waals surface area contributed by atoms with Crippen molar-refractivity contribution in [3.63, 3.8) is 0 Å². The van der Waals surface area contributed by atoms with E-state index in [0.717, 1.165) is 30.2 Å². The number of nitrogens with two attached hydrogens (primary N) is 1. The van der Waals surface area contributed by atoms with Crippen LogP contribution in [-0.2, 0) is 0 Å². The summed E-state index contributed by atoms with van der Waals surface area (Å²) >= 11 is 1.45. The van der Waals surface area contributed by atoms with Crippen LogP contribution in [0.3, 0.4) is 0 Å². The molecule has 4 nitrogen and oxygen atoms in total. The zero-order valence-corrected chi connectivity index (χ0v) is 8.90. The molecule has 0 aliphatic rings. The quantitative estimate of drug-likeness (QED) is 0.418. The number of anilines is 1. The molecule has 0 radical (unpaired) electrons. The number of hydrogen-bond acceptors (Lipinski definition) is 5. The average Bonchev–Trinajstić information content (AvgIpc) is 2.52. The summed E-state index contributed by atoms with van der Waals surface area (Å²) in [5, 5.41) is 5.87. The Labute approximate surface area is 82.9 Å². The van der Waals surface area contributed by atoms with Crippen LogP contribution in [0.25, 0.3) is 0 Å². The molecule has 74 valence electrons. The maximum absolute atomic E-state index is 5.83. The highest BCUT2D eigenvalue weighted by Crippen LogP contribution is 2.18. The van der Waals surface area contributed by atoms with Gasteiger partial charge in [-0.25, -0.2) is 5.84 Å². The lowest BCUT2D eigenvalue weighted by Gasteiger charge is -2.14. The predicted octanol–water partition coefficient (Wildman–Crippen LogP) is 0.741. The van der Waals surface area contributed by atoms with E-state index in [1.807, 2.05) is 20.0 Å². The maximum atomic E-state index is 5.83. The minimum atomic E-state index is 0.864. The highest BCUT2D eigenvalue weighted by Gasteiger charge is 2.03. The fourth-order valence-electron chi connectivity index (χ4n) is 1.02. The summed E-state index contributed by atoms with van der Waals surface area (Å²) < 4.78 is 4.17. The SMILES string of the molecule is CNCCCN(N)c1cc(C)ns1. The number of nitrogens with one attached hydrogen (secondary N) is 1. The van der Waals surface area contributed by atoms with Gasteiger partial charge in [-0.2, -0.15) is 4.37 Å². The number of aryl methyl sites for hydroxylation is 1. The lowest BCUT2D eigenvalue weighted by Crippen LogP contribution is -2.32. The molecule has 1 heterocycles. The van der Waals surface area contributed by atoms with E-state index in [9.17, 15) is 0 Å². The van der Waals surface area contributed by atoms with Crippen LogP contribution in [0.2, 0.25) is 0 Å². The molecule has 3 N–H and O–H groups in total.